The summed E-state index contributed by atoms with van der Waals surface area (Å²) in [5, 5.41) is 9.27. The lowest BCUT2D eigenvalue weighted by molar-refractivity contribution is -0.152. The molecule has 0 spiro atoms. The Bertz CT molecular complexity index is 684. The monoisotopic (exact) mass is 300 g/mol. The summed E-state index contributed by atoms with van der Waals surface area (Å²) in [7, 11) is 1.20. The number of carboxylic acids is 1. The molecule has 1 aromatic rings. The molecule has 5 nitrogen and oxygen atoms in total. The molecule has 1 aromatic carbocycles. The number of esters is 1. The SMILES string of the molecule is COC(=O)C1C=CC(C(=O)c2cccc(C)c2)=CC1C(=O)O. The number of carbonyl (C=O) groups excluding carboxylic acids is 2. The van der Waals surface area contributed by atoms with Gasteiger partial charge in [0, 0.05) is 11.1 Å². The minimum absolute atomic E-state index is 0.262. The lowest BCUT2D eigenvalue weighted by Gasteiger charge is -2.20. The van der Waals surface area contributed by atoms with E-state index in [1.54, 1.807) is 18.2 Å². The fraction of sp³-hybridized carbons (Fsp3) is 0.235. The zero-order chi connectivity index (χ0) is 16.3. The molecule has 114 valence electrons. The number of ether oxygens (including phenoxy) is 1. The number of carboxylic acid groups (broad SMARTS) is 1. The predicted octanol–water partition coefficient (Wildman–Crippen LogP) is 2.16. The van der Waals surface area contributed by atoms with Gasteiger partial charge < -0.3 is 9.84 Å². The summed E-state index contributed by atoms with van der Waals surface area (Å²) < 4.78 is 4.60. The second kappa shape index (κ2) is 6.39. The molecular weight excluding hydrogens is 284 g/mol. The minimum Gasteiger partial charge on any atom is -0.481 e. The highest BCUT2D eigenvalue weighted by Crippen LogP contribution is 2.26. The molecule has 2 atom stereocenters. The molecule has 22 heavy (non-hydrogen) atoms. The van der Waals surface area contributed by atoms with Crippen LogP contribution in [0.15, 0.2) is 48.1 Å². The normalized spacial score (nSPS) is 20.2. The Morgan fingerprint density at radius 3 is 2.50 bits per heavy atom. The third-order valence-corrected chi connectivity index (χ3v) is 3.53. The van der Waals surface area contributed by atoms with E-state index >= 15 is 0 Å². The molecule has 1 aliphatic carbocycles. The fourth-order valence-corrected chi connectivity index (χ4v) is 2.37. The van der Waals surface area contributed by atoms with E-state index in [1.807, 2.05) is 13.0 Å². The maximum Gasteiger partial charge on any atom is 0.313 e. The molecule has 0 saturated heterocycles. The van der Waals surface area contributed by atoms with E-state index in [0.717, 1.165) is 5.56 Å². The van der Waals surface area contributed by atoms with E-state index in [-0.39, 0.29) is 11.4 Å². The van der Waals surface area contributed by atoms with Crippen molar-refractivity contribution in [1.29, 1.82) is 0 Å². The van der Waals surface area contributed by atoms with Crippen LogP contribution in [0.4, 0.5) is 0 Å². The van der Waals surface area contributed by atoms with Gasteiger partial charge in [-0.2, -0.15) is 0 Å². The quantitative estimate of drug-likeness (QED) is 0.681. The van der Waals surface area contributed by atoms with Crippen molar-refractivity contribution >= 4 is 17.7 Å². The molecular formula is C17H16O5. The molecule has 0 heterocycles. The number of hydrogen-bond acceptors (Lipinski definition) is 4. The number of aryl methyl sites for hydroxylation is 1. The summed E-state index contributed by atoms with van der Waals surface area (Å²) in [6, 6.07) is 7.04. The van der Waals surface area contributed by atoms with Crippen LogP contribution in [0.5, 0.6) is 0 Å². The van der Waals surface area contributed by atoms with Crippen LogP contribution < -0.4 is 0 Å². The number of aliphatic carboxylic acids is 1. The van der Waals surface area contributed by atoms with E-state index in [4.69, 9.17) is 0 Å². The third kappa shape index (κ3) is 3.14. The number of methoxy groups -OCH3 is 1. The van der Waals surface area contributed by atoms with Gasteiger partial charge in [-0.3, -0.25) is 14.4 Å². The van der Waals surface area contributed by atoms with Gasteiger partial charge in [0.1, 0.15) is 0 Å². The van der Waals surface area contributed by atoms with Crippen molar-refractivity contribution in [2.75, 3.05) is 7.11 Å². The first-order valence-corrected chi connectivity index (χ1v) is 6.76. The van der Waals surface area contributed by atoms with Gasteiger partial charge in [-0.25, -0.2) is 0 Å². The summed E-state index contributed by atoms with van der Waals surface area (Å²) in [6.07, 6.45) is 4.20. The van der Waals surface area contributed by atoms with Gasteiger partial charge in [-0.1, -0.05) is 42.0 Å². The minimum atomic E-state index is -1.17. The van der Waals surface area contributed by atoms with Crippen molar-refractivity contribution in [3.05, 3.63) is 59.2 Å². The molecule has 0 aliphatic heterocycles. The van der Waals surface area contributed by atoms with Crippen LogP contribution in [0.3, 0.4) is 0 Å². The molecule has 0 amide bonds. The lowest BCUT2D eigenvalue weighted by atomic mass is 9.84. The molecule has 2 rings (SSSR count). The molecule has 1 N–H and O–H groups in total. The highest BCUT2D eigenvalue weighted by molar-refractivity contribution is 6.11. The largest absolute Gasteiger partial charge is 0.481 e. The number of Topliss-reactive ketones (excluding diaryl/α,β-unsaturated/α-hetero) is 1. The van der Waals surface area contributed by atoms with Crippen molar-refractivity contribution in [3.8, 4) is 0 Å². The number of carbonyl (C=O) groups is 3. The van der Waals surface area contributed by atoms with Crippen LogP contribution in [0, 0.1) is 18.8 Å². The van der Waals surface area contributed by atoms with E-state index in [0.29, 0.717) is 5.56 Å². The zero-order valence-electron chi connectivity index (χ0n) is 12.3. The predicted molar refractivity (Wildman–Crippen MR) is 79.4 cm³/mol. The van der Waals surface area contributed by atoms with Crippen molar-refractivity contribution in [2.24, 2.45) is 11.8 Å². The summed E-state index contributed by atoms with van der Waals surface area (Å²) in [4.78, 5) is 35.4. The Labute approximate surface area is 127 Å². The Balaban J connectivity index is 2.33. The van der Waals surface area contributed by atoms with Crippen molar-refractivity contribution in [2.45, 2.75) is 6.92 Å². The van der Waals surface area contributed by atoms with Gasteiger partial charge in [-0.15, -0.1) is 0 Å². The molecule has 1 aliphatic rings. The number of rotatable bonds is 4. The Hall–Kier alpha value is -2.69. The van der Waals surface area contributed by atoms with Crippen LogP contribution >= 0.6 is 0 Å². The summed E-state index contributed by atoms with van der Waals surface area (Å²) >= 11 is 0. The highest BCUT2D eigenvalue weighted by Gasteiger charge is 2.34. The standard InChI is InChI=1S/C17H16O5/c1-10-4-3-5-11(8-10)15(18)12-6-7-13(17(21)22-2)14(9-12)16(19)20/h3-9,13-14H,1-2H3,(H,19,20). The molecule has 0 radical (unpaired) electrons. The topological polar surface area (TPSA) is 80.7 Å². The Kier molecular flexibility index (Phi) is 4.56. The lowest BCUT2D eigenvalue weighted by Crippen LogP contribution is -2.30. The van der Waals surface area contributed by atoms with Gasteiger partial charge in [0.2, 0.25) is 0 Å². The van der Waals surface area contributed by atoms with Crippen LogP contribution in [-0.2, 0) is 14.3 Å². The van der Waals surface area contributed by atoms with E-state index in [9.17, 15) is 19.5 Å². The van der Waals surface area contributed by atoms with Gasteiger partial charge in [0.05, 0.1) is 18.9 Å². The second-order valence-corrected chi connectivity index (χ2v) is 5.09. The molecule has 2 unspecified atom stereocenters. The number of benzene rings is 1. The smallest absolute Gasteiger partial charge is 0.313 e. The van der Waals surface area contributed by atoms with Gasteiger partial charge >= 0.3 is 11.9 Å². The fourth-order valence-electron chi connectivity index (χ4n) is 2.37. The highest BCUT2D eigenvalue weighted by atomic mass is 16.5. The molecule has 0 saturated carbocycles. The number of hydrogen-bond donors (Lipinski definition) is 1. The van der Waals surface area contributed by atoms with Crippen LogP contribution in [0.25, 0.3) is 0 Å². The average molecular weight is 300 g/mol. The molecule has 0 fully saturated rings. The first-order chi connectivity index (χ1) is 10.4. The van der Waals surface area contributed by atoms with Gasteiger partial charge in [-0.05, 0) is 13.0 Å². The van der Waals surface area contributed by atoms with E-state index < -0.39 is 23.8 Å². The van der Waals surface area contributed by atoms with Crippen molar-refractivity contribution in [1.82, 2.24) is 0 Å². The first-order valence-electron chi connectivity index (χ1n) is 6.76. The van der Waals surface area contributed by atoms with Crippen LogP contribution in [-0.4, -0.2) is 29.9 Å². The van der Waals surface area contributed by atoms with E-state index in [1.165, 1.54) is 25.3 Å². The number of allylic oxidation sites excluding steroid dienone is 2. The Morgan fingerprint density at radius 2 is 1.91 bits per heavy atom. The maximum atomic E-state index is 12.4. The zero-order valence-corrected chi connectivity index (χ0v) is 12.3. The summed E-state index contributed by atoms with van der Waals surface area (Å²) in [6.45, 7) is 1.87. The van der Waals surface area contributed by atoms with Crippen LogP contribution in [0.2, 0.25) is 0 Å². The third-order valence-electron chi connectivity index (χ3n) is 3.53. The molecule has 0 bridgehead atoms. The second-order valence-electron chi connectivity index (χ2n) is 5.09. The van der Waals surface area contributed by atoms with Crippen molar-refractivity contribution < 1.29 is 24.2 Å². The first kappa shape index (κ1) is 15.7. The molecule has 5 heteroatoms. The maximum absolute atomic E-state index is 12.4. The number of ketones is 1. The summed E-state index contributed by atoms with van der Waals surface area (Å²) in [5.41, 5.74) is 1.68. The van der Waals surface area contributed by atoms with Gasteiger partial charge in [0.25, 0.3) is 0 Å². The van der Waals surface area contributed by atoms with Crippen molar-refractivity contribution in [3.63, 3.8) is 0 Å². The van der Waals surface area contributed by atoms with Crippen LogP contribution in [0.1, 0.15) is 15.9 Å². The Morgan fingerprint density at radius 1 is 1.18 bits per heavy atom. The summed E-state index contributed by atoms with van der Waals surface area (Å²) in [5.74, 6) is -4.11. The van der Waals surface area contributed by atoms with E-state index in [2.05, 4.69) is 4.74 Å². The van der Waals surface area contributed by atoms with Gasteiger partial charge in [0.15, 0.2) is 5.78 Å². The molecule has 0 aromatic heterocycles. The average Bonchev–Trinajstić information content (AvgIpc) is 2.52.